The lowest BCUT2D eigenvalue weighted by Gasteiger charge is -2.06. The smallest absolute Gasteiger partial charge is 0.306 e. The van der Waals surface area contributed by atoms with Gasteiger partial charge < -0.3 is 5.32 Å². The summed E-state index contributed by atoms with van der Waals surface area (Å²) in [5.41, 5.74) is 2.77. The van der Waals surface area contributed by atoms with E-state index in [0.717, 1.165) is 10.1 Å². The van der Waals surface area contributed by atoms with Crippen LogP contribution < -0.4 is 16.1 Å². The molecular weight excluding hydrogens is 479 g/mol. The van der Waals surface area contributed by atoms with Gasteiger partial charge >= 0.3 is 6.03 Å². The molecule has 0 aliphatic carbocycles. The second-order valence-electron chi connectivity index (χ2n) is 5.86. The Morgan fingerprint density at radius 2 is 2.03 bits per heavy atom. The predicted molar refractivity (Wildman–Crippen MR) is 114 cm³/mol. The minimum atomic E-state index is -0.586. The standard InChI is InChI=1S/C18H12BrFN6O3S/c19-11-7-9(5-6-12(11)20)21-16(24-28)15-17(26-29-25-15)23-18(27)22-13-8-30-14-4-2-1-3-10(13)14/h1-8,28H,(H,21,24)(H2,22,23,26,27). The average molecular weight is 491 g/mol. The first-order valence-electron chi connectivity index (χ1n) is 8.36. The molecule has 152 valence electrons. The zero-order valence-electron chi connectivity index (χ0n) is 14.9. The minimum Gasteiger partial charge on any atom is -0.306 e. The SMILES string of the molecule is O=C(Nc1nonc1C(=Nc1ccc(F)c(Br)c1)NO)Nc1csc2ccccc12. The van der Waals surface area contributed by atoms with Crippen LogP contribution >= 0.6 is 27.3 Å². The van der Waals surface area contributed by atoms with Crippen molar-refractivity contribution in [1.29, 1.82) is 0 Å². The van der Waals surface area contributed by atoms with Crippen molar-refractivity contribution in [2.45, 2.75) is 0 Å². The molecule has 0 fully saturated rings. The van der Waals surface area contributed by atoms with Crippen LogP contribution in [0.5, 0.6) is 0 Å². The highest BCUT2D eigenvalue weighted by molar-refractivity contribution is 9.10. The van der Waals surface area contributed by atoms with Crippen molar-refractivity contribution < 1.29 is 19.0 Å². The Balaban J connectivity index is 1.55. The molecule has 30 heavy (non-hydrogen) atoms. The summed E-state index contributed by atoms with van der Waals surface area (Å²) in [5, 5.41) is 24.7. The van der Waals surface area contributed by atoms with E-state index in [1.165, 1.54) is 29.5 Å². The Morgan fingerprint density at radius 1 is 1.20 bits per heavy atom. The number of nitrogens with one attached hydrogen (secondary N) is 3. The predicted octanol–water partition coefficient (Wildman–Crippen LogP) is 4.89. The molecule has 4 rings (SSSR count). The normalized spacial score (nSPS) is 11.5. The van der Waals surface area contributed by atoms with E-state index < -0.39 is 11.8 Å². The van der Waals surface area contributed by atoms with Gasteiger partial charge in [-0.3, -0.25) is 16.0 Å². The third-order valence-corrected chi connectivity index (χ3v) is 5.50. The Morgan fingerprint density at radius 3 is 2.83 bits per heavy atom. The van der Waals surface area contributed by atoms with Gasteiger partial charge in [-0.1, -0.05) is 18.2 Å². The molecule has 4 N–H and O–H groups in total. The second kappa shape index (κ2) is 8.57. The van der Waals surface area contributed by atoms with Gasteiger partial charge in [0.1, 0.15) is 5.82 Å². The Kier molecular flexibility index (Phi) is 5.70. The molecule has 2 heterocycles. The first-order chi connectivity index (χ1) is 14.5. The molecule has 0 unspecified atom stereocenters. The lowest BCUT2D eigenvalue weighted by molar-refractivity contribution is 0.234. The van der Waals surface area contributed by atoms with Crippen molar-refractivity contribution in [3.05, 3.63) is 63.8 Å². The van der Waals surface area contributed by atoms with Gasteiger partial charge in [0.05, 0.1) is 15.8 Å². The minimum absolute atomic E-state index is 0.0525. The highest BCUT2D eigenvalue weighted by atomic mass is 79.9. The number of rotatable bonds is 4. The van der Waals surface area contributed by atoms with E-state index in [4.69, 9.17) is 0 Å². The average Bonchev–Trinajstić information content (AvgIpc) is 3.36. The summed E-state index contributed by atoms with van der Waals surface area (Å²) in [7, 11) is 0. The maximum absolute atomic E-state index is 13.4. The number of carbonyl (C=O) groups is 1. The second-order valence-corrected chi connectivity index (χ2v) is 7.62. The van der Waals surface area contributed by atoms with Crippen LogP contribution in [0.2, 0.25) is 0 Å². The number of carbonyl (C=O) groups excluding carboxylic acids is 1. The summed E-state index contributed by atoms with van der Waals surface area (Å²) < 4.78 is 19.3. The molecule has 0 saturated carbocycles. The molecule has 0 atom stereocenters. The number of nitrogens with zero attached hydrogens (tertiary/aromatic N) is 3. The molecule has 0 spiro atoms. The fourth-order valence-corrected chi connectivity index (χ4v) is 3.84. The number of anilines is 2. The number of amides is 2. The topological polar surface area (TPSA) is 125 Å². The summed E-state index contributed by atoms with van der Waals surface area (Å²) in [6, 6.07) is 11.1. The maximum atomic E-state index is 13.4. The van der Waals surface area contributed by atoms with Crippen LogP contribution in [-0.2, 0) is 0 Å². The number of amidine groups is 1. The number of hydroxylamine groups is 1. The third-order valence-electron chi connectivity index (χ3n) is 3.92. The first-order valence-corrected chi connectivity index (χ1v) is 10.0. The molecule has 2 aromatic heterocycles. The van der Waals surface area contributed by atoms with Crippen molar-refractivity contribution >= 4 is 66.4 Å². The van der Waals surface area contributed by atoms with E-state index in [1.807, 2.05) is 35.1 Å². The monoisotopic (exact) mass is 490 g/mol. The van der Waals surface area contributed by atoms with E-state index in [0.29, 0.717) is 11.4 Å². The Labute approximate surface area is 180 Å². The van der Waals surface area contributed by atoms with Gasteiger partial charge in [-0.15, -0.1) is 11.3 Å². The van der Waals surface area contributed by atoms with E-state index in [2.05, 4.69) is 46.5 Å². The van der Waals surface area contributed by atoms with Crippen LogP contribution in [0.4, 0.5) is 26.4 Å². The number of urea groups is 1. The molecule has 0 radical (unpaired) electrons. The molecule has 4 aromatic rings. The van der Waals surface area contributed by atoms with E-state index >= 15 is 0 Å². The van der Waals surface area contributed by atoms with Crippen LogP contribution in [-0.4, -0.2) is 27.4 Å². The molecule has 0 aliphatic heterocycles. The Hall–Kier alpha value is -3.35. The van der Waals surface area contributed by atoms with E-state index in [-0.39, 0.29) is 21.8 Å². The van der Waals surface area contributed by atoms with Crippen LogP contribution in [0, 0.1) is 5.82 Å². The highest BCUT2D eigenvalue weighted by Crippen LogP contribution is 2.30. The number of aliphatic imine (C=N–C) groups is 1. The third kappa shape index (κ3) is 4.15. The summed E-state index contributed by atoms with van der Waals surface area (Å²) >= 11 is 4.56. The number of halogens is 2. The molecule has 2 aromatic carbocycles. The lowest BCUT2D eigenvalue weighted by Crippen LogP contribution is -2.25. The lowest BCUT2D eigenvalue weighted by atomic mass is 10.2. The van der Waals surface area contributed by atoms with Crippen LogP contribution in [0.1, 0.15) is 5.69 Å². The fraction of sp³-hybridized carbons (Fsp3) is 0. The molecular formula is C18H12BrFN6O3S. The number of hydrogen-bond acceptors (Lipinski definition) is 7. The Bertz CT molecular complexity index is 1260. The van der Waals surface area contributed by atoms with Gasteiger partial charge in [0.25, 0.3) is 0 Å². The molecule has 12 heteroatoms. The molecule has 9 nitrogen and oxygen atoms in total. The highest BCUT2D eigenvalue weighted by Gasteiger charge is 2.19. The van der Waals surface area contributed by atoms with Crippen molar-refractivity contribution in [2.24, 2.45) is 4.99 Å². The van der Waals surface area contributed by atoms with Crippen molar-refractivity contribution in [3.63, 3.8) is 0 Å². The van der Waals surface area contributed by atoms with E-state index in [1.54, 1.807) is 0 Å². The van der Waals surface area contributed by atoms with E-state index in [9.17, 15) is 14.4 Å². The van der Waals surface area contributed by atoms with Gasteiger partial charge in [0.15, 0.2) is 11.5 Å². The fourth-order valence-electron chi connectivity index (χ4n) is 2.58. The summed E-state index contributed by atoms with van der Waals surface area (Å²) in [6.45, 7) is 0. The number of hydrogen-bond donors (Lipinski definition) is 4. The van der Waals surface area contributed by atoms with Crippen LogP contribution in [0.3, 0.4) is 0 Å². The van der Waals surface area contributed by atoms with Crippen molar-refractivity contribution in [3.8, 4) is 0 Å². The number of fused-ring (bicyclic) bond motifs is 1. The van der Waals surface area contributed by atoms with Gasteiger partial charge in [-0.25, -0.2) is 18.8 Å². The quantitative estimate of drug-likeness (QED) is 0.183. The van der Waals surface area contributed by atoms with Crippen LogP contribution in [0.15, 0.2) is 61.9 Å². The molecule has 0 bridgehead atoms. The van der Waals surface area contributed by atoms with Gasteiger partial charge in [0, 0.05) is 15.5 Å². The van der Waals surface area contributed by atoms with Gasteiger partial charge in [-0.05, 0) is 50.5 Å². The van der Waals surface area contributed by atoms with Crippen molar-refractivity contribution in [1.82, 2.24) is 15.8 Å². The number of thiophene rings is 1. The van der Waals surface area contributed by atoms with Gasteiger partial charge in [-0.2, -0.15) is 0 Å². The van der Waals surface area contributed by atoms with Crippen molar-refractivity contribution in [2.75, 3.05) is 10.6 Å². The zero-order valence-corrected chi connectivity index (χ0v) is 17.3. The first kappa shape index (κ1) is 19.9. The number of aromatic nitrogens is 2. The zero-order chi connectivity index (χ0) is 21.1. The maximum Gasteiger partial charge on any atom is 0.325 e. The summed E-state index contributed by atoms with van der Waals surface area (Å²) in [5.74, 6) is -0.699. The summed E-state index contributed by atoms with van der Waals surface area (Å²) in [4.78, 5) is 16.6. The van der Waals surface area contributed by atoms with Crippen LogP contribution in [0.25, 0.3) is 10.1 Å². The molecule has 0 saturated heterocycles. The molecule has 2 amide bonds. The molecule has 0 aliphatic rings. The largest absolute Gasteiger partial charge is 0.325 e. The van der Waals surface area contributed by atoms with Gasteiger partial charge in [0.2, 0.25) is 5.82 Å². The summed E-state index contributed by atoms with van der Waals surface area (Å²) in [6.07, 6.45) is 0. The number of benzene rings is 2.